The molecule has 0 aliphatic carbocycles. The van der Waals surface area contributed by atoms with E-state index < -0.39 is 0 Å². The fourth-order valence-electron chi connectivity index (χ4n) is 1.93. The van der Waals surface area contributed by atoms with E-state index in [9.17, 15) is 0 Å². The molecule has 1 aliphatic heterocycles. The van der Waals surface area contributed by atoms with Gasteiger partial charge < -0.3 is 9.60 Å². The second-order valence-electron chi connectivity index (χ2n) is 3.77. The normalized spacial score (nSPS) is 18.8. The van der Waals surface area contributed by atoms with Crippen molar-refractivity contribution in [3.05, 3.63) is 0 Å². The molecule has 1 nitrogen and oxygen atoms in total. The topological polar surface area (TPSA) is 4.44 Å². The van der Waals surface area contributed by atoms with Crippen molar-refractivity contribution in [2.75, 3.05) is 19.6 Å². The summed E-state index contributed by atoms with van der Waals surface area (Å²) in [6.07, 6.45) is 8.68. The van der Waals surface area contributed by atoms with Crippen LogP contribution >= 0.6 is 0 Å². The van der Waals surface area contributed by atoms with Gasteiger partial charge in [-0.15, -0.1) is 0 Å². The molecule has 1 heterocycles. The molecular weight excluding hydrogens is 153 g/mol. The van der Waals surface area contributed by atoms with E-state index in [0.717, 1.165) is 0 Å². The molecule has 1 saturated heterocycles. The van der Waals surface area contributed by atoms with Crippen molar-refractivity contribution in [3.8, 4) is 0 Å². The van der Waals surface area contributed by atoms with Crippen LogP contribution in [0.4, 0.5) is 0 Å². The Morgan fingerprint density at radius 2 is 1.67 bits per heavy atom. The lowest BCUT2D eigenvalue weighted by Crippen LogP contribution is -3.12. The number of likely N-dealkylation sites (tertiary alicyclic amines) is 1. The zero-order valence-corrected chi connectivity index (χ0v) is 8.24. The monoisotopic (exact) mass is 175 g/mol. The summed E-state index contributed by atoms with van der Waals surface area (Å²) < 4.78 is 0. The van der Waals surface area contributed by atoms with Crippen molar-refractivity contribution in [1.82, 2.24) is 0 Å². The van der Waals surface area contributed by atoms with E-state index >= 15 is 0 Å². The fraction of sp³-hybridized carbons (Fsp3) is 1.00. The lowest BCUT2D eigenvalue weighted by atomic mass is 10.1. The maximum Gasteiger partial charge on any atom is 0.0770 e. The van der Waals surface area contributed by atoms with E-state index in [1.54, 1.807) is 0 Å². The van der Waals surface area contributed by atoms with Gasteiger partial charge in [0.1, 0.15) is 0 Å². The van der Waals surface area contributed by atoms with Crippen molar-refractivity contribution >= 4 is 0 Å². The minimum Gasteiger partial charge on any atom is -1.00 e. The Morgan fingerprint density at radius 3 is 2.25 bits per heavy atom. The molecule has 0 spiro atoms. The van der Waals surface area contributed by atoms with Crippen LogP contribution in [0.25, 0.3) is 0 Å². The van der Waals surface area contributed by atoms with Gasteiger partial charge in [-0.1, -0.05) is 13.3 Å². The molecule has 0 bridgehead atoms. The van der Waals surface area contributed by atoms with E-state index in [2.05, 4.69) is 6.92 Å². The SMILES string of the molecule is CCCCC[NH+]1CCCCC1.[F-]. The highest BCUT2D eigenvalue weighted by Gasteiger charge is 2.11. The van der Waals surface area contributed by atoms with Crippen LogP contribution in [0.3, 0.4) is 0 Å². The molecule has 0 aromatic carbocycles. The summed E-state index contributed by atoms with van der Waals surface area (Å²) in [4.78, 5) is 1.87. The van der Waals surface area contributed by atoms with E-state index in [1.165, 1.54) is 58.2 Å². The summed E-state index contributed by atoms with van der Waals surface area (Å²) in [5.41, 5.74) is 0. The van der Waals surface area contributed by atoms with E-state index in [-0.39, 0.29) is 4.70 Å². The third kappa shape index (κ3) is 4.70. The molecule has 0 amide bonds. The van der Waals surface area contributed by atoms with Crippen LogP contribution in [0.5, 0.6) is 0 Å². The average Bonchev–Trinajstić information content (AvgIpc) is 2.07. The van der Waals surface area contributed by atoms with Gasteiger partial charge in [-0.25, -0.2) is 0 Å². The van der Waals surface area contributed by atoms with E-state index in [4.69, 9.17) is 0 Å². The highest BCUT2D eigenvalue weighted by atomic mass is 19.0. The molecule has 0 atom stereocenters. The number of piperidine rings is 1. The largest absolute Gasteiger partial charge is 1.00 e. The number of hydrogen-bond acceptors (Lipinski definition) is 0. The Kier molecular flexibility index (Phi) is 7.47. The predicted molar refractivity (Wildman–Crippen MR) is 48.9 cm³/mol. The molecule has 1 rings (SSSR count). The molecule has 0 aromatic heterocycles. The first-order chi connectivity index (χ1) is 5.43. The Labute approximate surface area is 75.5 Å². The van der Waals surface area contributed by atoms with Gasteiger partial charge in [0.25, 0.3) is 0 Å². The molecule has 74 valence electrons. The van der Waals surface area contributed by atoms with Crippen LogP contribution in [0.2, 0.25) is 0 Å². The molecule has 2 heteroatoms. The van der Waals surface area contributed by atoms with Crippen LogP contribution in [0.15, 0.2) is 0 Å². The highest BCUT2D eigenvalue weighted by molar-refractivity contribution is 4.46. The number of hydrogen-bond donors (Lipinski definition) is 1. The van der Waals surface area contributed by atoms with Crippen LogP contribution in [0.1, 0.15) is 45.4 Å². The average molecular weight is 175 g/mol. The molecule has 0 radical (unpaired) electrons. The van der Waals surface area contributed by atoms with Crippen LogP contribution in [-0.4, -0.2) is 19.6 Å². The van der Waals surface area contributed by atoms with Crippen molar-refractivity contribution in [2.45, 2.75) is 45.4 Å². The quantitative estimate of drug-likeness (QED) is 0.483. The van der Waals surface area contributed by atoms with Crippen molar-refractivity contribution in [3.63, 3.8) is 0 Å². The van der Waals surface area contributed by atoms with Crippen LogP contribution in [0, 0.1) is 0 Å². The van der Waals surface area contributed by atoms with Gasteiger partial charge in [0.15, 0.2) is 0 Å². The van der Waals surface area contributed by atoms with Gasteiger partial charge in [-0.05, 0) is 32.1 Å². The number of quaternary nitrogens is 1. The van der Waals surface area contributed by atoms with E-state index in [0.29, 0.717) is 0 Å². The van der Waals surface area contributed by atoms with E-state index in [1.807, 2.05) is 4.90 Å². The first-order valence-electron chi connectivity index (χ1n) is 5.27. The second-order valence-corrected chi connectivity index (χ2v) is 3.77. The van der Waals surface area contributed by atoms with Gasteiger partial charge in [-0.2, -0.15) is 0 Å². The molecule has 0 unspecified atom stereocenters. The standard InChI is InChI=1S/C10H21N.FH/c1-2-3-5-8-11-9-6-4-7-10-11;/h2-10H2,1H3;1H. The molecular formula is C10H22FN. The van der Waals surface area contributed by atoms with Gasteiger partial charge in [-0.3, -0.25) is 0 Å². The Hall–Kier alpha value is -0.110. The minimum atomic E-state index is 0. The molecule has 1 aliphatic rings. The first-order valence-corrected chi connectivity index (χ1v) is 5.27. The molecule has 12 heavy (non-hydrogen) atoms. The van der Waals surface area contributed by atoms with Crippen LogP contribution < -0.4 is 9.60 Å². The number of unbranched alkanes of at least 4 members (excludes halogenated alkanes) is 2. The number of halogens is 1. The van der Waals surface area contributed by atoms with Crippen LogP contribution in [-0.2, 0) is 0 Å². The Balaban J connectivity index is 0.00000121. The first kappa shape index (κ1) is 11.9. The fourth-order valence-corrected chi connectivity index (χ4v) is 1.93. The highest BCUT2D eigenvalue weighted by Crippen LogP contribution is 1.96. The number of nitrogens with one attached hydrogen (secondary N) is 1. The summed E-state index contributed by atoms with van der Waals surface area (Å²) in [5.74, 6) is 0. The predicted octanol–water partition coefficient (Wildman–Crippen LogP) is -1.75. The number of rotatable bonds is 4. The Bertz CT molecular complexity index is 89.8. The third-order valence-corrected chi connectivity index (χ3v) is 2.69. The maximum absolute atomic E-state index is 2.28. The molecule has 0 saturated carbocycles. The lowest BCUT2D eigenvalue weighted by Gasteiger charge is -2.23. The zero-order valence-electron chi connectivity index (χ0n) is 8.24. The van der Waals surface area contributed by atoms with Crippen molar-refractivity contribution < 1.29 is 9.60 Å². The van der Waals surface area contributed by atoms with Crippen molar-refractivity contribution in [1.29, 1.82) is 0 Å². The smallest absolute Gasteiger partial charge is 0.0770 e. The van der Waals surface area contributed by atoms with Crippen molar-refractivity contribution in [2.24, 2.45) is 0 Å². The van der Waals surface area contributed by atoms with Gasteiger partial charge in [0.2, 0.25) is 0 Å². The molecule has 1 N–H and O–H groups in total. The second kappa shape index (κ2) is 7.53. The van der Waals surface area contributed by atoms with Gasteiger partial charge in [0.05, 0.1) is 19.6 Å². The lowest BCUT2D eigenvalue weighted by molar-refractivity contribution is -0.905. The molecule has 1 fully saturated rings. The van der Waals surface area contributed by atoms with Gasteiger partial charge in [0, 0.05) is 0 Å². The summed E-state index contributed by atoms with van der Waals surface area (Å²) in [6.45, 7) is 6.62. The van der Waals surface area contributed by atoms with Gasteiger partial charge >= 0.3 is 0 Å². The summed E-state index contributed by atoms with van der Waals surface area (Å²) in [7, 11) is 0. The third-order valence-electron chi connectivity index (χ3n) is 2.69. The Morgan fingerprint density at radius 1 is 1.00 bits per heavy atom. The zero-order chi connectivity index (χ0) is 7.94. The minimum absolute atomic E-state index is 0. The molecule has 0 aromatic rings. The summed E-state index contributed by atoms with van der Waals surface area (Å²) >= 11 is 0. The maximum atomic E-state index is 2.28. The summed E-state index contributed by atoms with van der Waals surface area (Å²) in [5, 5.41) is 0. The summed E-state index contributed by atoms with van der Waals surface area (Å²) in [6, 6.07) is 0.